The van der Waals surface area contributed by atoms with E-state index >= 15 is 0 Å². The predicted molar refractivity (Wildman–Crippen MR) is 111 cm³/mol. The van der Waals surface area contributed by atoms with Crippen LogP contribution in [0.4, 0.5) is 5.69 Å². The van der Waals surface area contributed by atoms with Gasteiger partial charge in [-0.3, -0.25) is 4.79 Å². The van der Waals surface area contributed by atoms with Crippen molar-refractivity contribution in [1.29, 1.82) is 0 Å². The lowest BCUT2D eigenvalue weighted by molar-refractivity contribution is -0.161. The summed E-state index contributed by atoms with van der Waals surface area (Å²) in [5.74, 6) is -0.292. The standard InChI is InChI=1S/C22H26ClNO4/c1-14(2)18-8-6-7-15(3)20(18)24-19(25)13-27-21(26)22(4,5)28-17-11-9-16(23)10-12-17/h6-12,14H,13H2,1-5H3,(H,24,25). The number of anilines is 1. The zero-order chi connectivity index (χ0) is 20.9. The Kier molecular flexibility index (Phi) is 7.08. The Bertz CT molecular complexity index is 844. The minimum absolute atomic E-state index is 0.254. The van der Waals surface area contributed by atoms with Gasteiger partial charge in [-0.05, 0) is 62.1 Å². The van der Waals surface area contributed by atoms with E-state index in [1.165, 1.54) is 0 Å². The quantitative estimate of drug-likeness (QED) is 0.652. The number of hydrogen-bond donors (Lipinski definition) is 1. The zero-order valence-corrected chi connectivity index (χ0v) is 17.6. The number of benzene rings is 2. The number of hydrogen-bond acceptors (Lipinski definition) is 4. The van der Waals surface area contributed by atoms with Crippen LogP contribution >= 0.6 is 11.6 Å². The van der Waals surface area contributed by atoms with Crippen LogP contribution < -0.4 is 10.1 Å². The lowest BCUT2D eigenvalue weighted by Crippen LogP contribution is -2.41. The van der Waals surface area contributed by atoms with Crippen LogP contribution in [-0.2, 0) is 14.3 Å². The fourth-order valence-electron chi connectivity index (χ4n) is 2.66. The summed E-state index contributed by atoms with van der Waals surface area (Å²) in [4.78, 5) is 24.7. The molecule has 5 nitrogen and oxygen atoms in total. The number of esters is 1. The van der Waals surface area contributed by atoms with Crippen LogP contribution in [0.25, 0.3) is 0 Å². The van der Waals surface area contributed by atoms with Crippen LogP contribution in [0.3, 0.4) is 0 Å². The van der Waals surface area contributed by atoms with E-state index in [2.05, 4.69) is 19.2 Å². The topological polar surface area (TPSA) is 64.6 Å². The summed E-state index contributed by atoms with van der Waals surface area (Å²) in [5, 5.41) is 3.42. The Hall–Kier alpha value is -2.53. The van der Waals surface area contributed by atoms with Gasteiger partial charge in [0.15, 0.2) is 12.2 Å². The maximum atomic E-state index is 12.4. The second kappa shape index (κ2) is 9.11. The number of carbonyl (C=O) groups excluding carboxylic acids is 2. The van der Waals surface area contributed by atoms with Gasteiger partial charge in [-0.1, -0.05) is 43.6 Å². The molecule has 0 aliphatic rings. The van der Waals surface area contributed by atoms with E-state index in [4.69, 9.17) is 21.1 Å². The zero-order valence-electron chi connectivity index (χ0n) is 16.8. The molecule has 0 aliphatic heterocycles. The van der Waals surface area contributed by atoms with Crippen LogP contribution in [0.5, 0.6) is 5.75 Å². The van der Waals surface area contributed by atoms with Gasteiger partial charge in [-0.15, -0.1) is 0 Å². The molecule has 150 valence electrons. The van der Waals surface area contributed by atoms with Gasteiger partial charge in [0.25, 0.3) is 5.91 Å². The summed E-state index contributed by atoms with van der Waals surface area (Å²) >= 11 is 5.85. The Labute approximate surface area is 171 Å². The number of ether oxygens (including phenoxy) is 2. The highest BCUT2D eigenvalue weighted by Gasteiger charge is 2.32. The van der Waals surface area contributed by atoms with E-state index in [9.17, 15) is 9.59 Å². The van der Waals surface area contributed by atoms with E-state index in [1.807, 2.05) is 25.1 Å². The van der Waals surface area contributed by atoms with E-state index in [-0.39, 0.29) is 5.92 Å². The molecule has 0 fully saturated rings. The third-order valence-electron chi connectivity index (χ3n) is 4.20. The van der Waals surface area contributed by atoms with Gasteiger partial charge >= 0.3 is 5.97 Å². The van der Waals surface area contributed by atoms with Crippen molar-refractivity contribution in [2.45, 2.75) is 46.1 Å². The summed E-state index contributed by atoms with van der Waals surface area (Å²) in [6.07, 6.45) is 0. The number of aryl methyl sites for hydroxylation is 1. The van der Waals surface area contributed by atoms with Gasteiger partial charge in [0.2, 0.25) is 0 Å². The SMILES string of the molecule is Cc1cccc(C(C)C)c1NC(=O)COC(=O)C(C)(C)Oc1ccc(Cl)cc1. The molecule has 2 aromatic carbocycles. The normalized spacial score (nSPS) is 11.2. The fourth-order valence-corrected chi connectivity index (χ4v) is 2.79. The summed E-state index contributed by atoms with van der Waals surface area (Å²) in [5.41, 5.74) is 1.50. The molecule has 1 amide bonds. The fraction of sp³-hybridized carbons (Fsp3) is 0.364. The van der Waals surface area contributed by atoms with Crippen molar-refractivity contribution in [3.63, 3.8) is 0 Å². The van der Waals surface area contributed by atoms with E-state index in [1.54, 1.807) is 38.1 Å². The molecule has 0 atom stereocenters. The molecule has 0 spiro atoms. The van der Waals surface area contributed by atoms with Gasteiger partial charge in [0.1, 0.15) is 5.75 Å². The molecule has 0 radical (unpaired) electrons. The molecule has 2 aromatic rings. The molecule has 28 heavy (non-hydrogen) atoms. The first-order chi connectivity index (χ1) is 13.1. The van der Waals surface area contributed by atoms with E-state index in [0.29, 0.717) is 10.8 Å². The molecule has 0 heterocycles. The van der Waals surface area contributed by atoms with E-state index in [0.717, 1.165) is 16.8 Å². The second-order valence-electron chi connectivity index (χ2n) is 7.38. The average molecular weight is 404 g/mol. The third kappa shape index (κ3) is 5.73. The highest BCUT2D eigenvalue weighted by molar-refractivity contribution is 6.30. The second-order valence-corrected chi connectivity index (χ2v) is 7.82. The monoisotopic (exact) mass is 403 g/mol. The number of para-hydroxylation sites is 1. The van der Waals surface area contributed by atoms with Crippen molar-refractivity contribution in [1.82, 2.24) is 0 Å². The Morgan fingerprint density at radius 3 is 2.36 bits per heavy atom. The van der Waals surface area contributed by atoms with Gasteiger partial charge in [-0.25, -0.2) is 4.79 Å². The maximum absolute atomic E-state index is 12.4. The number of carbonyl (C=O) groups is 2. The molecule has 0 unspecified atom stereocenters. The van der Waals surface area contributed by atoms with Crippen LogP contribution in [-0.4, -0.2) is 24.1 Å². The molecule has 0 aliphatic carbocycles. The third-order valence-corrected chi connectivity index (χ3v) is 4.46. The number of halogens is 1. The Morgan fingerprint density at radius 1 is 1.11 bits per heavy atom. The van der Waals surface area contributed by atoms with Crippen molar-refractivity contribution in [2.24, 2.45) is 0 Å². The lowest BCUT2D eigenvalue weighted by atomic mass is 9.98. The molecule has 1 N–H and O–H groups in total. The molecule has 0 saturated heterocycles. The molecule has 0 saturated carbocycles. The average Bonchev–Trinajstić information content (AvgIpc) is 2.62. The highest BCUT2D eigenvalue weighted by Crippen LogP contribution is 2.27. The molecule has 0 aromatic heterocycles. The van der Waals surface area contributed by atoms with E-state index < -0.39 is 24.1 Å². The van der Waals surface area contributed by atoms with Gasteiger partial charge in [0.05, 0.1) is 0 Å². The lowest BCUT2D eigenvalue weighted by Gasteiger charge is -2.24. The first-order valence-corrected chi connectivity index (χ1v) is 9.49. The van der Waals surface area contributed by atoms with Crippen LogP contribution in [0.2, 0.25) is 5.02 Å². The summed E-state index contributed by atoms with van der Waals surface area (Å²) < 4.78 is 10.8. The molecular weight excluding hydrogens is 378 g/mol. The van der Waals surface area contributed by atoms with Crippen molar-refractivity contribution in [2.75, 3.05) is 11.9 Å². The first kappa shape index (κ1) is 21.8. The van der Waals surface area contributed by atoms with Crippen molar-refractivity contribution < 1.29 is 19.1 Å². The number of amides is 1. The highest BCUT2D eigenvalue weighted by atomic mass is 35.5. The predicted octanol–water partition coefficient (Wildman–Crippen LogP) is 5.11. The summed E-state index contributed by atoms with van der Waals surface area (Å²) in [7, 11) is 0. The van der Waals surface area contributed by atoms with Gasteiger partial charge in [-0.2, -0.15) is 0 Å². The van der Waals surface area contributed by atoms with Crippen molar-refractivity contribution >= 4 is 29.2 Å². The summed E-state index contributed by atoms with van der Waals surface area (Å²) in [6, 6.07) is 12.5. The van der Waals surface area contributed by atoms with Crippen LogP contribution in [0.15, 0.2) is 42.5 Å². The Morgan fingerprint density at radius 2 is 1.75 bits per heavy atom. The molecular formula is C22H26ClNO4. The first-order valence-electron chi connectivity index (χ1n) is 9.11. The van der Waals surface area contributed by atoms with Crippen LogP contribution in [0, 0.1) is 6.92 Å². The molecule has 6 heteroatoms. The Balaban J connectivity index is 1.97. The summed E-state index contributed by atoms with van der Waals surface area (Å²) in [6.45, 7) is 8.82. The molecule has 2 rings (SSSR count). The maximum Gasteiger partial charge on any atom is 0.350 e. The smallest absolute Gasteiger partial charge is 0.350 e. The minimum atomic E-state index is -1.25. The van der Waals surface area contributed by atoms with Gasteiger partial charge in [0, 0.05) is 10.7 Å². The van der Waals surface area contributed by atoms with Crippen molar-refractivity contribution in [3.05, 3.63) is 58.6 Å². The van der Waals surface area contributed by atoms with Gasteiger partial charge < -0.3 is 14.8 Å². The number of rotatable bonds is 7. The minimum Gasteiger partial charge on any atom is -0.476 e. The van der Waals surface area contributed by atoms with Crippen LogP contribution in [0.1, 0.15) is 44.7 Å². The van der Waals surface area contributed by atoms with Crippen molar-refractivity contribution in [3.8, 4) is 5.75 Å². The molecule has 0 bridgehead atoms. The largest absolute Gasteiger partial charge is 0.476 e. The number of nitrogens with one attached hydrogen (secondary N) is 1.